The van der Waals surface area contributed by atoms with Gasteiger partial charge in [0.2, 0.25) is 5.75 Å². The first kappa shape index (κ1) is 26.7. The molecule has 3 aromatic carbocycles. The van der Waals surface area contributed by atoms with Crippen molar-refractivity contribution in [1.29, 1.82) is 0 Å². The monoisotopic (exact) mass is 626 g/mol. The second-order valence-corrected chi connectivity index (χ2v) is 11.4. The van der Waals surface area contributed by atoms with Gasteiger partial charge in [-0.3, -0.25) is 14.9 Å². The Bertz CT molecular complexity index is 1610. The van der Waals surface area contributed by atoms with Crippen LogP contribution in [-0.4, -0.2) is 20.8 Å². The molecule has 0 N–H and O–H groups in total. The van der Waals surface area contributed by atoms with Crippen LogP contribution in [0.3, 0.4) is 0 Å². The summed E-state index contributed by atoms with van der Waals surface area (Å²) in [6.45, 7) is 7.96. The Morgan fingerprint density at radius 3 is 2.57 bits per heavy atom. The predicted molar refractivity (Wildman–Crippen MR) is 152 cm³/mol. The molecule has 1 aromatic heterocycles. The molecule has 0 atom stereocenters. The van der Waals surface area contributed by atoms with Gasteiger partial charge in [-0.2, -0.15) is 9.78 Å². The van der Waals surface area contributed by atoms with Gasteiger partial charge < -0.3 is 4.74 Å². The van der Waals surface area contributed by atoms with Crippen LogP contribution >= 0.6 is 31.9 Å². The fraction of sp³-hybridized carbons (Fsp3) is 0.222. The van der Waals surface area contributed by atoms with Crippen molar-refractivity contribution < 1.29 is 9.66 Å². The van der Waals surface area contributed by atoms with E-state index in [1.165, 1.54) is 17.0 Å². The first-order chi connectivity index (χ1) is 17.4. The molecule has 8 nitrogen and oxygen atoms in total. The van der Waals surface area contributed by atoms with Crippen molar-refractivity contribution in [2.45, 2.75) is 39.7 Å². The summed E-state index contributed by atoms with van der Waals surface area (Å²) in [4.78, 5) is 29.4. The van der Waals surface area contributed by atoms with Gasteiger partial charge in [0, 0.05) is 21.5 Å². The molecule has 10 heteroatoms. The van der Waals surface area contributed by atoms with Gasteiger partial charge in [0.25, 0.3) is 5.56 Å². The van der Waals surface area contributed by atoms with E-state index in [1.807, 2.05) is 58.0 Å². The van der Waals surface area contributed by atoms with Gasteiger partial charge in [-0.05, 0) is 52.7 Å². The Balaban J connectivity index is 1.75. The molecule has 37 heavy (non-hydrogen) atoms. The van der Waals surface area contributed by atoms with Gasteiger partial charge in [0.1, 0.15) is 12.4 Å². The Labute approximate surface area is 230 Å². The number of fused-ring (bicyclic) bond motifs is 1. The molecule has 4 aromatic rings. The Kier molecular flexibility index (Phi) is 7.61. The van der Waals surface area contributed by atoms with E-state index in [-0.39, 0.29) is 23.6 Å². The Hall–Kier alpha value is -3.37. The molecule has 4 rings (SSSR count). The van der Waals surface area contributed by atoms with Gasteiger partial charge in [-0.25, -0.2) is 4.98 Å². The lowest BCUT2D eigenvalue weighted by molar-refractivity contribution is -0.386. The smallest absolute Gasteiger partial charge is 0.312 e. The van der Waals surface area contributed by atoms with Crippen LogP contribution in [0.2, 0.25) is 0 Å². The summed E-state index contributed by atoms with van der Waals surface area (Å²) in [6.07, 6.45) is 1.41. The number of rotatable bonds is 6. The molecule has 0 amide bonds. The van der Waals surface area contributed by atoms with Crippen molar-refractivity contribution in [2.75, 3.05) is 0 Å². The Morgan fingerprint density at radius 1 is 1.14 bits per heavy atom. The highest BCUT2D eigenvalue weighted by Gasteiger charge is 2.24. The van der Waals surface area contributed by atoms with Crippen LogP contribution in [0.5, 0.6) is 5.75 Å². The first-order valence-corrected chi connectivity index (χ1v) is 13.0. The van der Waals surface area contributed by atoms with Crippen LogP contribution in [0.4, 0.5) is 5.69 Å². The average molecular weight is 628 g/mol. The van der Waals surface area contributed by atoms with E-state index in [1.54, 1.807) is 18.2 Å². The first-order valence-electron chi connectivity index (χ1n) is 11.4. The lowest BCUT2D eigenvalue weighted by Gasteiger charge is -2.20. The normalized spacial score (nSPS) is 11.8. The number of aromatic nitrogens is 2. The maximum atomic E-state index is 13.4. The summed E-state index contributed by atoms with van der Waals surface area (Å²) in [5.41, 5.74) is 1.92. The summed E-state index contributed by atoms with van der Waals surface area (Å²) in [7, 11) is 0. The molecule has 0 radical (unpaired) electrons. The third-order valence-electron chi connectivity index (χ3n) is 5.51. The van der Waals surface area contributed by atoms with Crippen LogP contribution in [0.1, 0.15) is 43.3 Å². The third-order valence-corrected chi connectivity index (χ3v) is 6.59. The van der Waals surface area contributed by atoms with Crippen molar-refractivity contribution >= 4 is 54.7 Å². The fourth-order valence-electron chi connectivity index (χ4n) is 3.78. The molecule has 0 bridgehead atoms. The molecular weight excluding hydrogens is 604 g/mol. The molecule has 0 unspecified atom stereocenters. The lowest BCUT2D eigenvalue weighted by Crippen LogP contribution is -2.29. The zero-order valence-corrected chi connectivity index (χ0v) is 23.8. The number of hydrogen-bond acceptors (Lipinski definition) is 6. The predicted octanol–water partition coefficient (Wildman–Crippen LogP) is 6.90. The minimum Gasteiger partial charge on any atom is -0.481 e. The zero-order chi connectivity index (χ0) is 26.9. The highest BCUT2D eigenvalue weighted by atomic mass is 79.9. The summed E-state index contributed by atoms with van der Waals surface area (Å²) < 4.78 is 8.23. The molecule has 0 spiro atoms. The maximum Gasteiger partial charge on any atom is 0.312 e. The highest BCUT2D eigenvalue weighted by molar-refractivity contribution is 9.10. The van der Waals surface area contributed by atoms with E-state index in [2.05, 4.69) is 41.9 Å². The topological polar surface area (TPSA) is 99.6 Å². The molecule has 0 aliphatic heterocycles. The average Bonchev–Trinajstić information content (AvgIpc) is 2.82. The van der Waals surface area contributed by atoms with E-state index < -0.39 is 10.3 Å². The van der Waals surface area contributed by atoms with Gasteiger partial charge >= 0.3 is 5.69 Å². The summed E-state index contributed by atoms with van der Waals surface area (Å²) in [6, 6.07) is 16.1. The number of nitrogens with zero attached hydrogens (tertiary/aromatic N) is 4. The van der Waals surface area contributed by atoms with Crippen molar-refractivity contribution in [1.82, 2.24) is 9.66 Å². The fourth-order valence-corrected chi connectivity index (χ4v) is 4.72. The van der Waals surface area contributed by atoms with E-state index in [9.17, 15) is 14.9 Å². The van der Waals surface area contributed by atoms with Crippen LogP contribution in [0.15, 0.2) is 73.4 Å². The number of nitro groups is 1. The van der Waals surface area contributed by atoms with E-state index >= 15 is 0 Å². The largest absolute Gasteiger partial charge is 0.481 e. The Morgan fingerprint density at radius 2 is 1.89 bits per heavy atom. The van der Waals surface area contributed by atoms with Crippen LogP contribution < -0.4 is 10.3 Å². The molecule has 0 aliphatic carbocycles. The summed E-state index contributed by atoms with van der Waals surface area (Å²) >= 11 is 6.80. The lowest BCUT2D eigenvalue weighted by atomic mass is 9.95. The molecule has 0 saturated carbocycles. The van der Waals surface area contributed by atoms with Crippen molar-refractivity contribution in [3.8, 4) is 5.75 Å². The van der Waals surface area contributed by atoms with Crippen LogP contribution in [0, 0.1) is 17.0 Å². The number of halogens is 2. The van der Waals surface area contributed by atoms with E-state index in [0.29, 0.717) is 26.8 Å². The van der Waals surface area contributed by atoms with E-state index in [4.69, 9.17) is 4.74 Å². The van der Waals surface area contributed by atoms with Crippen molar-refractivity contribution in [3.05, 3.63) is 107 Å². The van der Waals surface area contributed by atoms with Gasteiger partial charge in [0.15, 0.2) is 0 Å². The SMILES string of the molecule is Cc1cccc(COc2c(Br)cc(C=Nn3c(C(C)(C)C)nc4ccc(Br)cc4c3=O)cc2[N+](=O)[O-])c1. The molecule has 190 valence electrons. The second-order valence-electron chi connectivity index (χ2n) is 9.59. The van der Waals surface area contributed by atoms with Crippen LogP contribution in [0.25, 0.3) is 10.9 Å². The van der Waals surface area contributed by atoms with Crippen molar-refractivity contribution in [2.24, 2.45) is 5.10 Å². The van der Waals surface area contributed by atoms with Gasteiger partial charge in [-0.15, -0.1) is 0 Å². The highest BCUT2D eigenvalue weighted by Crippen LogP contribution is 2.36. The molecule has 0 saturated heterocycles. The summed E-state index contributed by atoms with van der Waals surface area (Å²) in [5.74, 6) is 0.587. The number of nitro benzene ring substituents is 1. The molecular formula is C27H24Br2N4O4. The van der Waals surface area contributed by atoms with Gasteiger partial charge in [0.05, 0.1) is 26.5 Å². The number of ether oxygens (including phenoxy) is 1. The molecule has 0 aliphatic rings. The number of hydrogen-bond donors (Lipinski definition) is 0. The molecule has 0 fully saturated rings. The minimum atomic E-state index is -0.504. The second kappa shape index (κ2) is 10.5. The van der Waals surface area contributed by atoms with Gasteiger partial charge in [-0.1, -0.05) is 66.5 Å². The number of benzene rings is 3. The summed E-state index contributed by atoms with van der Waals surface area (Å²) in [5, 5.41) is 16.7. The quantitative estimate of drug-likeness (QED) is 0.132. The van der Waals surface area contributed by atoms with Crippen molar-refractivity contribution in [3.63, 3.8) is 0 Å². The maximum absolute atomic E-state index is 13.4. The minimum absolute atomic E-state index is 0.119. The van der Waals surface area contributed by atoms with Crippen LogP contribution in [-0.2, 0) is 12.0 Å². The van der Waals surface area contributed by atoms with E-state index in [0.717, 1.165) is 15.6 Å². The molecule has 1 heterocycles. The third kappa shape index (κ3) is 5.97. The standard InChI is InChI=1S/C27H24Br2N4O4/c1-16-6-5-7-17(10-16)15-37-24-21(29)11-18(12-23(24)33(35)36)14-30-32-25(34)20-13-19(28)8-9-22(20)31-26(32)27(2,3)4/h5-14H,15H2,1-4H3. The zero-order valence-electron chi connectivity index (χ0n) is 20.7. The number of aryl methyl sites for hydroxylation is 1.